The van der Waals surface area contributed by atoms with Crippen LogP contribution in [0.15, 0.2) is 24.3 Å². The van der Waals surface area contributed by atoms with E-state index in [0.717, 1.165) is 19.4 Å². The molecule has 1 aromatic carbocycles. The Morgan fingerprint density at radius 1 is 1.50 bits per heavy atom. The van der Waals surface area contributed by atoms with Gasteiger partial charge in [0.05, 0.1) is 12.6 Å². The standard InChI is InChI=1S/C14H19FN2O2.ClH/c1-17(14(18)12-6-4-8-16-12)9-10-19-13-7-3-2-5-11(13)15;/h2-3,5,7,12,16H,4,6,8-10H2,1H3;1H/t12-;/m0./s1. The fourth-order valence-corrected chi connectivity index (χ4v) is 2.13. The van der Waals surface area contributed by atoms with Crippen LogP contribution in [0, 0.1) is 5.82 Å². The van der Waals surface area contributed by atoms with Gasteiger partial charge in [-0.25, -0.2) is 4.39 Å². The van der Waals surface area contributed by atoms with E-state index in [0.29, 0.717) is 6.54 Å². The number of nitrogens with zero attached hydrogens (tertiary/aromatic N) is 1. The van der Waals surface area contributed by atoms with Crippen molar-refractivity contribution in [3.05, 3.63) is 30.1 Å². The largest absolute Gasteiger partial charge is 0.489 e. The van der Waals surface area contributed by atoms with Crippen molar-refractivity contribution in [3.8, 4) is 5.75 Å². The molecule has 1 fully saturated rings. The van der Waals surface area contributed by atoms with Gasteiger partial charge in [-0.05, 0) is 31.5 Å². The summed E-state index contributed by atoms with van der Waals surface area (Å²) in [5, 5.41) is 3.16. The summed E-state index contributed by atoms with van der Waals surface area (Å²) in [6, 6.07) is 6.19. The van der Waals surface area contributed by atoms with Crippen molar-refractivity contribution in [2.24, 2.45) is 0 Å². The molecule has 112 valence electrons. The molecular formula is C14H20ClFN2O2. The molecule has 0 spiro atoms. The average Bonchev–Trinajstić information content (AvgIpc) is 2.94. The molecular weight excluding hydrogens is 283 g/mol. The van der Waals surface area contributed by atoms with E-state index < -0.39 is 0 Å². The Kier molecular flexibility index (Phi) is 6.75. The van der Waals surface area contributed by atoms with Gasteiger partial charge in [0.2, 0.25) is 5.91 Å². The first-order valence-electron chi connectivity index (χ1n) is 6.54. The van der Waals surface area contributed by atoms with Crippen LogP contribution in [0.2, 0.25) is 0 Å². The van der Waals surface area contributed by atoms with E-state index in [-0.39, 0.29) is 42.5 Å². The Morgan fingerprint density at radius 3 is 2.90 bits per heavy atom. The molecule has 1 aliphatic heterocycles. The zero-order valence-corrected chi connectivity index (χ0v) is 12.3. The summed E-state index contributed by atoms with van der Waals surface area (Å²) in [5.74, 6) is -0.0779. The Bertz CT molecular complexity index is 439. The van der Waals surface area contributed by atoms with Gasteiger partial charge < -0.3 is 15.0 Å². The molecule has 1 heterocycles. The molecule has 0 saturated carbocycles. The van der Waals surface area contributed by atoms with Gasteiger partial charge in [-0.3, -0.25) is 4.79 Å². The number of hydrogen-bond donors (Lipinski definition) is 1. The van der Waals surface area contributed by atoms with Crippen molar-refractivity contribution in [3.63, 3.8) is 0 Å². The maximum absolute atomic E-state index is 13.3. The average molecular weight is 303 g/mol. The molecule has 2 rings (SSSR count). The van der Waals surface area contributed by atoms with Crippen LogP contribution in [0.25, 0.3) is 0 Å². The van der Waals surface area contributed by atoms with Crippen molar-refractivity contribution < 1.29 is 13.9 Å². The fraction of sp³-hybridized carbons (Fsp3) is 0.500. The van der Waals surface area contributed by atoms with Gasteiger partial charge in [0.15, 0.2) is 11.6 Å². The minimum Gasteiger partial charge on any atom is -0.489 e. The molecule has 0 radical (unpaired) electrons. The molecule has 0 bridgehead atoms. The van der Waals surface area contributed by atoms with E-state index >= 15 is 0 Å². The highest BCUT2D eigenvalue weighted by atomic mass is 35.5. The van der Waals surface area contributed by atoms with Crippen LogP contribution in [0.1, 0.15) is 12.8 Å². The van der Waals surface area contributed by atoms with Crippen LogP contribution < -0.4 is 10.1 Å². The van der Waals surface area contributed by atoms with Gasteiger partial charge >= 0.3 is 0 Å². The highest BCUT2D eigenvalue weighted by Gasteiger charge is 2.24. The van der Waals surface area contributed by atoms with Gasteiger partial charge in [-0.2, -0.15) is 0 Å². The Balaban J connectivity index is 0.00000200. The molecule has 1 amide bonds. The number of nitrogens with one attached hydrogen (secondary N) is 1. The summed E-state index contributed by atoms with van der Waals surface area (Å²) in [5.41, 5.74) is 0. The van der Waals surface area contributed by atoms with Gasteiger partial charge in [0, 0.05) is 7.05 Å². The lowest BCUT2D eigenvalue weighted by molar-refractivity contribution is -0.132. The number of para-hydroxylation sites is 1. The van der Waals surface area contributed by atoms with Gasteiger partial charge in [-0.1, -0.05) is 12.1 Å². The lowest BCUT2D eigenvalue weighted by Crippen LogP contribution is -2.43. The Hall–Kier alpha value is -1.33. The molecule has 0 aromatic heterocycles. The third kappa shape index (κ3) is 4.35. The molecule has 1 N–H and O–H groups in total. The van der Waals surface area contributed by atoms with Crippen LogP contribution in [0.4, 0.5) is 4.39 Å². The Morgan fingerprint density at radius 2 is 2.25 bits per heavy atom. The zero-order valence-electron chi connectivity index (χ0n) is 11.5. The topological polar surface area (TPSA) is 41.6 Å². The highest BCUT2D eigenvalue weighted by molar-refractivity contribution is 5.85. The van der Waals surface area contributed by atoms with E-state index in [1.165, 1.54) is 6.07 Å². The number of likely N-dealkylation sites (N-methyl/N-ethyl adjacent to an activating group) is 1. The normalized spacial score (nSPS) is 17.4. The maximum Gasteiger partial charge on any atom is 0.239 e. The number of ether oxygens (including phenoxy) is 1. The van der Waals surface area contributed by atoms with E-state index in [4.69, 9.17) is 4.74 Å². The summed E-state index contributed by atoms with van der Waals surface area (Å²) >= 11 is 0. The fourth-order valence-electron chi connectivity index (χ4n) is 2.13. The lowest BCUT2D eigenvalue weighted by atomic mass is 10.2. The van der Waals surface area contributed by atoms with Crippen molar-refractivity contribution >= 4 is 18.3 Å². The van der Waals surface area contributed by atoms with Crippen LogP contribution in [-0.2, 0) is 4.79 Å². The van der Waals surface area contributed by atoms with Crippen LogP contribution in [-0.4, -0.2) is 43.6 Å². The quantitative estimate of drug-likeness (QED) is 0.902. The number of carbonyl (C=O) groups is 1. The number of benzene rings is 1. The lowest BCUT2D eigenvalue weighted by Gasteiger charge is -2.21. The minimum absolute atomic E-state index is 0. The second-order valence-corrected chi connectivity index (χ2v) is 4.69. The maximum atomic E-state index is 13.3. The number of halogens is 2. The molecule has 0 unspecified atom stereocenters. The summed E-state index contributed by atoms with van der Waals surface area (Å²) in [4.78, 5) is 13.6. The van der Waals surface area contributed by atoms with E-state index in [9.17, 15) is 9.18 Å². The molecule has 4 nitrogen and oxygen atoms in total. The number of rotatable bonds is 5. The van der Waals surface area contributed by atoms with E-state index in [1.54, 1.807) is 30.1 Å². The smallest absolute Gasteiger partial charge is 0.239 e. The third-order valence-electron chi connectivity index (χ3n) is 3.26. The van der Waals surface area contributed by atoms with Crippen molar-refractivity contribution in [1.82, 2.24) is 10.2 Å². The van der Waals surface area contributed by atoms with E-state index in [1.807, 2.05) is 0 Å². The second kappa shape index (κ2) is 8.07. The number of hydrogen-bond acceptors (Lipinski definition) is 3. The molecule has 6 heteroatoms. The molecule has 1 aromatic rings. The van der Waals surface area contributed by atoms with Gasteiger partial charge in [0.1, 0.15) is 6.61 Å². The van der Waals surface area contributed by atoms with Crippen molar-refractivity contribution in [1.29, 1.82) is 0 Å². The SMILES string of the molecule is CN(CCOc1ccccc1F)C(=O)[C@@H]1CCCN1.Cl. The summed E-state index contributed by atoms with van der Waals surface area (Å²) in [6.07, 6.45) is 1.92. The number of carbonyl (C=O) groups excluding carboxylic acids is 1. The summed E-state index contributed by atoms with van der Waals surface area (Å²) in [7, 11) is 1.74. The molecule has 1 atom stereocenters. The summed E-state index contributed by atoms with van der Waals surface area (Å²) in [6.45, 7) is 1.64. The Labute approximate surface area is 124 Å². The first-order valence-corrected chi connectivity index (χ1v) is 6.54. The molecule has 1 aliphatic rings. The van der Waals surface area contributed by atoms with Crippen LogP contribution in [0.3, 0.4) is 0 Å². The first kappa shape index (κ1) is 16.7. The second-order valence-electron chi connectivity index (χ2n) is 4.69. The predicted molar refractivity (Wildman–Crippen MR) is 77.8 cm³/mol. The molecule has 20 heavy (non-hydrogen) atoms. The minimum atomic E-state index is -0.381. The van der Waals surface area contributed by atoms with Crippen molar-refractivity contribution in [2.45, 2.75) is 18.9 Å². The van der Waals surface area contributed by atoms with Crippen LogP contribution in [0.5, 0.6) is 5.75 Å². The van der Waals surface area contributed by atoms with Crippen molar-refractivity contribution in [2.75, 3.05) is 26.7 Å². The summed E-state index contributed by atoms with van der Waals surface area (Å²) < 4.78 is 18.6. The number of amides is 1. The third-order valence-corrected chi connectivity index (χ3v) is 3.26. The monoisotopic (exact) mass is 302 g/mol. The van der Waals surface area contributed by atoms with E-state index in [2.05, 4.69) is 5.32 Å². The van der Waals surface area contributed by atoms with Crippen LogP contribution >= 0.6 is 12.4 Å². The highest BCUT2D eigenvalue weighted by Crippen LogP contribution is 2.15. The first-order chi connectivity index (χ1) is 9.18. The van der Waals surface area contributed by atoms with Gasteiger partial charge in [-0.15, -0.1) is 12.4 Å². The predicted octanol–water partition coefficient (Wildman–Crippen LogP) is 1.84. The zero-order chi connectivity index (χ0) is 13.7. The molecule has 0 aliphatic carbocycles. The van der Waals surface area contributed by atoms with Gasteiger partial charge in [0.25, 0.3) is 0 Å². The molecule has 1 saturated heterocycles.